The van der Waals surface area contributed by atoms with E-state index in [2.05, 4.69) is 34.1 Å². The number of nitrogens with zero attached hydrogens (tertiary/aromatic N) is 4. The summed E-state index contributed by atoms with van der Waals surface area (Å²) in [6, 6.07) is 0.550. The lowest BCUT2D eigenvalue weighted by Crippen LogP contribution is -2.39. The third kappa shape index (κ3) is 2.95. The Bertz CT molecular complexity index is 514. The molecule has 1 aromatic heterocycles. The second kappa shape index (κ2) is 5.75. The van der Waals surface area contributed by atoms with E-state index in [1.54, 1.807) is 0 Å². The molecule has 1 amide bonds. The number of carbonyl (C=O) groups is 1. The van der Waals surface area contributed by atoms with Crippen LogP contribution in [0, 0.1) is 11.8 Å². The summed E-state index contributed by atoms with van der Waals surface area (Å²) in [6.45, 7) is 3.79. The molecule has 6 heteroatoms. The van der Waals surface area contributed by atoms with Crippen molar-refractivity contribution in [3.63, 3.8) is 0 Å². The van der Waals surface area contributed by atoms with Crippen molar-refractivity contribution < 1.29 is 4.79 Å². The Balaban J connectivity index is 1.59. The van der Waals surface area contributed by atoms with Crippen molar-refractivity contribution in [2.24, 2.45) is 11.8 Å². The van der Waals surface area contributed by atoms with Crippen LogP contribution < -0.4 is 0 Å². The molecule has 1 saturated heterocycles. The van der Waals surface area contributed by atoms with Gasteiger partial charge in [0.2, 0.25) is 5.91 Å². The van der Waals surface area contributed by atoms with Crippen molar-refractivity contribution in [2.45, 2.75) is 45.2 Å². The van der Waals surface area contributed by atoms with Crippen LogP contribution in [0.2, 0.25) is 0 Å². The molecule has 1 aliphatic carbocycles. The molecule has 1 aliphatic heterocycles. The molecule has 0 bridgehead atoms. The molecule has 0 spiro atoms. The van der Waals surface area contributed by atoms with Crippen LogP contribution in [-0.4, -0.2) is 57.6 Å². The molecule has 3 rings (SSSR count). The van der Waals surface area contributed by atoms with Crippen LogP contribution in [0.15, 0.2) is 0 Å². The van der Waals surface area contributed by atoms with Crippen molar-refractivity contribution in [3.05, 3.63) is 11.6 Å². The first kappa shape index (κ1) is 14.5. The van der Waals surface area contributed by atoms with E-state index < -0.39 is 0 Å². The average molecular weight is 291 g/mol. The maximum Gasteiger partial charge on any atom is 0.222 e. The molecule has 0 radical (unpaired) electrons. The van der Waals surface area contributed by atoms with Gasteiger partial charge in [0, 0.05) is 32.5 Å². The molecule has 0 unspecified atom stereocenters. The molecule has 1 saturated carbocycles. The Labute approximate surface area is 125 Å². The highest BCUT2D eigenvalue weighted by atomic mass is 16.2. The summed E-state index contributed by atoms with van der Waals surface area (Å²) in [4.78, 5) is 20.6. The summed E-state index contributed by atoms with van der Waals surface area (Å²) in [5, 5.41) is 7.22. The van der Waals surface area contributed by atoms with E-state index in [0.29, 0.717) is 23.8 Å². The van der Waals surface area contributed by atoms with Gasteiger partial charge in [-0.15, -0.1) is 0 Å². The Morgan fingerprint density at radius 3 is 2.86 bits per heavy atom. The number of aromatic nitrogens is 3. The van der Waals surface area contributed by atoms with Crippen molar-refractivity contribution in [2.75, 3.05) is 20.6 Å². The Kier molecular flexibility index (Phi) is 3.97. The molecule has 2 fully saturated rings. The predicted octanol–water partition coefficient (Wildman–Crippen LogP) is 1.06. The summed E-state index contributed by atoms with van der Waals surface area (Å²) >= 11 is 0. The second-order valence-electron chi connectivity index (χ2n) is 6.59. The van der Waals surface area contributed by atoms with Crippen LogP contribution >= 0.6 is 0 Å². The fourth-order valence-corrected chi connectivity index (χ4v) is 3.78. The van der Waals surface area contributed by atoms with Crippen molar-refractivity contribution in [1.29, 1.82) is 0 Å². The quantitative estimate of drug-likeness (QED) is 0.901. The number of aryl methyl sites for hydroxylation is 1. The number of nitrogens with one attached hydrogen (secondary N) is 1. The van der Waals surface area contributed by atoms with E-state index in [0.717, 1.165) is 44.0 Å². The fourth-order valence-electron chi connectivity index (χ4n) is 3.78. The highest BCUT2D eigenvalue weighted by Gasteiger charge is 2.41. The molecule has 116 valence electrons. The van der Waals surface area contributed by atoms with Crippen LogP contribution in [0.1, 0.15) is 37.8 Å². The summed E-state index contributed by atoms with van der Waals surface area (Å²) < 4.78 is 0. The number of likely N-dealkylation sites (tertiary alicyclic amines) is 1. The zero-order valence-corrected chi connectivity index (χ0v) is 13.2. The smallest absolute Gasteiger partial charge is 0.222 e. The predicted molar refractivity (Wildman–Crippen MR) is 79.5 cm³/mol. The number of H-pyrrole nitrogens is 1. The largest absolute Gasteiger partial charge is 0.345 e. The number of aromatic amines is 1. The van der Waals surface area contributed by atoms with E-state index in [9.17, 15) is 4.79 Å². The topological polar surface area (TPSA) is 65.1 Å². The third-order valence-corrected chi connectivity index (χ3v) is 5.10. The van der Waals surface area contributed by atoms with Crippen molar-refractivity contribution >= 4 is 5.91 Å². The number of rotatable bonds is 4. The lowest BCUT2D eigenvalue weighted by atomic mass is 9.88. The number of hydrogen-bond donors (Lipinski definition) is 1. The Hall–Kier alpha value is -1.43. The van der Waals surface area contributed by atoms with Gasteiger partial charge in [0.1, 0.15) is 11.6 Å². The van der Waals surface area contributed by atoms with Gasteiger partial charge < -0.3 is 4.90 Å². The van der Waals surface area contributed by atoms with Gasteiger partial charge in [0.25, 0.3) is 0 Å². The van der Waals surface area contributed by atoms with Crippen LogP contribution in [0.4, 0.5) is 0 Å². The van der Waals surface area contributed by atoms with Crippen LogP contribution in [-0.2, 0) is 17.8 Å². The highest BCUT2D eigenvalue weighted by molar-refractivity contribution is 5.77. The van der Waals surface area contributed by atoms with Gasteiger partial charge in [-0.1, -0.05) is 6.92 Å². The van der Waals surface area contributed by atoms with Crippen LogP contribution in [0.3, 0.4) is 0 Å². The molecule has 6 nitrogen and oxygen atoms in total. The standard InChI is InChI=1S/C15H25N5O/c1-4-13-16-14(18-17-13)9-19(2)12-5-10-7-15(21)20(3)8-11(10)6-12/h10-12H,4-9H2,1-3H3,(H,16,17,18)/t10-,11+,12-/m1/s1. The second-order valence-corrected chi connectivity index (χ2v) is 6.59. The van der Waals surface area contributed by atoms with Gasteiger partial charge in [-0.3, -0.25) is 14.8 Å². The number of fused-ring (bicyclic) bond motifs is 1. The molecular weight excluding hydrogens is 266 g/mol. The van der Waals surface area contributed by atoms with Crippen LogP contribution in [0.25, 0.3) is 0 Å². The average Bonchev–Trinajstić information content (AvgIpc) is 3.06. The lowest BCUT2D eigenvalue weighted by Gasteiger charge is -2.31. The van der Waals surface area contributed by atoms with Crippen LogP contribution in [0.5, 0.6) is 0 Å². The lowest BCUT2D eigenvalue weighted by molar-refractivity contribution is -0.134. The Morgan fingerprint density at radius 1 is 1.38 bits per heavy atom. The van der Waals surface area contributed by atoms with Gasteiger partial charge in [-0.25, -0.2) is 4.98 Å². The SMILES string of the molecule is CCc1n[nH]c(CN(C)[C@@H]2C[C@@H]3CC(=O)N(C)C[C@@H]3C2)n1. The Morgan fingerprint density at radius 2 is 2.14 bits per heavy atom. The first-order valence-electron chi connectivity index (χ1n) is 7.91. The maximum atomic E-state index is 11.8. The van der Waals surface area contributed by atoms with E-state index in [1.165, 1.54) is 6.42 Å². The first-order chi connectivity index (χ1) is 10.1. The van der Waals surface area contributed by atoms with Crippen molar-refractivity contribution in [3.8, 4) is 0 Å². The number of hydrogen-bond acceptors (Lipinski definition) is 4. The molecule has 1 aromatic rings. The zero-order valence-electron chi connectivity index (χ0n) is 13.2. The summed E-state index contributed by atoms with van der Waals surface area (Å²) in [5.41, 5.74) is 0. The number of amides is 1. The summed E-state index contributed by atoms with van der Waals surface area (Å²) in [5.74, 6) is 3.37. The minimum atomic E-state index is 0.308. The molecule has 2 aliphatic rings. The molecule has 0 aromatic carbocycles. The van der Waals surface area contributed by atoms with Gasteiger partial charge in [0.15, 0.2) is 0 Å². The maximum absolute atomic E-state index is 11.8. The summed E-state index contributed by atoms with van der Waals surface area (Å²) in [7, 11) is 4.08. The third-order valence-electron chi connectivity index (χ3n) is 5.10. The highest BCUT2D eigenvalue weighted by Crippen LogP contribution is 2.40. The number of carbonyl (C=O) groups excluding carboxylic acids is 1. The minimum Gasteiger partial charge on any atom is -0.345 e. The normalized spacial score (nSPS) is 29.2. The van der Waals surface area contributed by atoms with Gasteiger partial charge >= 0.3 is 0 Å². The van der Waals surface area contributed by atoms with Gasteiger partial charge in [0.05, 0.1) is 6.54 Å². The molecule has 2 heterocycles. The van der Waals surface area contributed by atoms with Gasteiger partial charge in [-0.2, -0.15) is 5.10 Å². The van der Waals surface area contributed by atoms with Crippen molar-refractivity contribution in [1.82, 2.24) is 25.0 Å². The first-order valence-corrected chi connectivity index (χ1v) is 7.91. The fraction of sp³-hybridized carbons (Fsp3) is 0.800. The monoisotopic (exact) mass is 291 g/mol. The van der Waals surface area contributed by atoms with E-state index in [-0.39, 0.29) is 0 Å². The van der Waals surface area contributed by atoms with E-state index >= 15 is 0 Å². The molecular formula is C15H25N5O. The zero-order chi connectivity index (χ0) is 15.0. The van der Waals surface area contributed by atoms with Gasteiger partial charge in [-0.05, 0) is 31.7 Å². The minimum absolute atomic E-state index is 0.308. The molecule has 1 N–H and O–H groups in total. The van der Waals surface area contributed by atoms with E-state index in [1.807, 2.05) is 11.9 Å². The molecule has 3 atom stereocenters. The van der Waals surface area contributed by atoms with E-state index in [4.69, 9.17) is 0 Å². The molecule has 21 heavy (non-hydrogen) atoms. The number of piperidine rings is 1. The summed E-state index contributed by atoms with van der Waals surface area (Å²) in [6.07, 6.45) is 3.92.